The van der Waals surface area contributed by atoms with E-state index in [2.05, 4.69) is 6.92 Å². The third-order valence-electron chi connectivity index (χ3n) is 1.79. The predicted molar refractivity (Wildman–Crippen MR) is 47.6 cm³/mol. The maximum atomic E-state index is 9.01. The highest BCUT2D eigenvalue weighted by molar-refractivity contribution is 4.46. The van der Waals surface area contributed by atoms with E-state index in [1.54, 1.807) is 6.92 Å². The summed E-state index contributed by atoms with van der Waals surface area (Å²) < 4.78 is 4.84. The fourth-order valence-corrected chi connectivity index (χ4v) is 0.867. The van der Waals surface area contributed by atoms with Crippen molar-refractivity contribution in [3.8, 4) is 0 Å². The van der Waals surface area contributed by atoms with Crippen molar-refractivity contribution in [2.45, 2.75) is 51.9 Å². The summed E-state index contributed by atoms with van der Waals surface area (Å²) in [5.74, 6) is -1.91. The zero-order valence-corrected chi connectivity index (χ0v) is 8.05. The maximum Gasteiger partial charge on any atom is 0.277 e. The highest BCUT2D eigenvalue weighted by atomic mass is 16.8. The molecule has 0 bridgehead atoms. The molecule has 0 atom stereocenters. The number of hydrogen-bond donors (Lipinski definition) is 2. The third-order valence-corrected chi connectivity index (χ3v) is 1.79. The molecule has 0 heterocycles. The fraction of sp³-hybridized carbons (Fsp3) is 1.00. The van der Waals surface area contributed by atoms with E-state index in [1.165, 1.54) is 12.8 Å². The molecule has 3 heteroatoms. The maximum absolute atomic E-state index is 9.01. The summed E-state index contributed by atoms with van der Waals surface area (Å²) in [7, 11) is 0. The SMILES string of the molecule is CCCCCCOC(O)(O)CC. The molecule has 0 aliphatic heterocycles. The lowest BCUT2D eigenvalue weighted by Crippen LogP contribution is -2.31. The average Bonchev–Trinajstić information content (AvgIpc) is 2.04. The van der Waals surface area contributed by atoms with E-state index in [-0.39, 0.29) is 6.42 Å². The van der Waals surface area contributed by atoms with E-state index in [4.69, 9.17) is 14.9 Å². The number of ether oxygens (including phenoxy) is 1. The highest BCUT2D eigenvalue weighted by Gasteiger charge is 2.19. The Bertz CT molecular complexity index is 102. The second-order valence-corrected chi connectivity index (χ2v) is 3.01. The van der Waals surface area contributed by atoms with Crippen molar-refractivity contribution in [2.75, 3.05) is 6.61 Å². The number of hydrogen-bond acceptors (Lipinski definition) is 3. The summed E-state index contributed by atoms with van der Waals surface area (Å²) in [4.78, 5) is 0. The Hall–Kier alpha value is -0.120. The smallest absolute Gasteiger partial charge is 0.277 e. The first-order chi connectivity index (χ1) is 5.62. The van der Waals surface area contributed by atoms with Gasteiger partial charge < -0.3 is 14.9 Å². The average molecular weight is 176 g/mol. The minimum atomic E-state index is -1.91. The minimum absolute atomic E-state index is 0.209. The Morgan fingerprint density at radius 2 is 1.75 bits per heavy atom. The Morgan fingerprint density at radius 1 is 1.08 bits per heavy atom. The van der Waals surface area contributed by atoms with Crippen LogP contribution in [0.1, 0.15) is 46.0 Å². The van der Waals surface area contributed by atoms with Gasteiger partial charge in [-0.15, -0.1) is 0 Å². The van der Waals surface area contributed by atoms with Gasteiger partial charge in [0, 0.05) is 6.42 Å². The zero-order valence-electron chi connectivity index (χ0n) is 8.05. The van der Waals surface area contributed by atoms with Crippen LogP contribution in [-0.2, 0) is 4.74 Å². The summed E-state index contributed by atoms with van der Waals surface area (Å²) in [6.07, 6.45) is 4.56. The normalized spacial score (nSPS) is 12.0. The molecule has 12 heavy (non-hydrogen) atoms. The fourth-order valence-electron chi connectivity index (χ4n) is 0.867. The molecule has 0 radical (unpaired) electrons. The van der Waals surface area contributed by atoms with Gasteiger partial charge in [-0.1, -0.05) is 33.1 Å². The highest BCUT2D eigenvalue weighted by Crippen LogP contribution is 2.08. The van der Waals surface area contributed by atoms with Crippen molar-refractivity contribution in [3.63, 3.8) is 0 Å². The van der Waals surface area contributed by atoms with Crippen LogP contribution in [0.3, 0.4) is 0 Å². The molecular weight excluding hydrogens is 156 g/mol. The van der Waals surface area contributed by atoms with Crippen LogP contribution in [0.2, 0.25) is 0 Å². The van der Waals surface area contributed by atoms with Gasteiger partial charge in [-0.25, -0.2) is 0 Å². The number of unbranched alkanes of at least 4 members (excludes halogenated alkanes) is 3. The van der Waals surface area contributed by atoms with Crippen LogP contribution in [-0.4, -0.2) is 22.8 Å². The molecule has 0 unspecified atom stereocenters. The molecule has 0 aromatic rings. The standard InChI is InChI=1S/C9H20O3/c1-3-5-6-7-8-12-9(10,11)4-2/h10-11H,3-8H2,1-2H3. The molecule has 0 aliphatic rings. The van der Waals surface area contributed by atoms with E-state index in [0.717, 1.165) is 12.8 Å². The molecular formula is C9H20O3. The topological polar surface area (TPSA) is 49.7 Å². The van der Waals surface area contributed by atoms with Gasteiger partial charge in [-0.3, -0.25) is 0 Å². The Morgan fingerprint density at radius 3 is 2.25 bits per heavy atom. The van der Waals surface area contributed by atoms with Crippen molar-refractivity contribution in [1.29, 1.82) is 0 Å². The molecule has 0 fully saturated rings. The molecule has 0 aromatic carbocycles. The Labute approximate surface area is 74.4 Å². The molecule has 0 rings (SSSR count). The van der Waals surface area contributed by atoms with Crippen molar-refractivity contribution in [2.24, 2.45) is 0 Å². The van der Waals surface area contributed by atoms with Gasteiger partial charge in [0.1, 0.15) is 0 Å². The van der Waals surface area contributed by atoms with E-state index >= 15 is 0 Å². The van der Waals surface area contributed by atoms with Gasteiger partial charge >= 0.3 is 0 Å². The van der Waals surface area contributed by atoms with E-state index < -0.39 is 5.97 Å². The van der Waals surface area contributed by atoms with Crippen LogP contribution in [0, 0.1) is 0 Å². The van der Waals surface area contributed by atoms with Crippen LogP contribution < -0.4 is 0 Å². The summed E-state index contributed by atoms with van der Waals surface area (Å²) in [6, 6.07) is 0. The lowest BCUT2D eigenvalue weighted by molar-refractivity contribution is -0.338. The zero-order chi connectivity index (χ0) is 9.45. The molecule has 2 N–H and O–H groups in total. The lowest BCUT2D eigenvalue weighted by Gasteiger charge is -2.19. The second kappa shape index (κ2) is 6.40. The number of rotatable bonds is 7. The minimum Gasteiger partial charge on any atom is -0.343 e. The van der Waals surface area contributed by atoms with Crippen molar-refractivity contribution in [3.05, 3.63) is 0 Å². The van der Waals surface area contributed by atoms with Crippen LogP contribution in [0.4, 0.5) is 0 Å². The predicted octanol–water partition coefficient (Wildman–Crippen LogP) is 1.63. The van der Waals surface area contributed by atoms with Crippen LogP contribution in [0.5, 0.6) is 0 Å². The van der Waals surface area contributed by atoms with Crippen molar-refractivity contribution in [1.82, 2.24) is 0 Å². The third kappa shape index (κ3) is 6.58. The molecule has 0 aromatic heterocycles. The Kier molecular flexibility index (Phi) is 6.34. The summed E-state index contributed by atoms with van der Waals surface area (Å²) >= 11 is 0. The van der Waals surface area contributed by atoms with Crippen molar-refractivity contribution < 1.29 is 14.9 Å². The van der Waals surface area contributed by atoms with E-state index in [1.807, 2.05) is 0 Å². The van der Waals surface area contributed by atoms with Gasteiger partial charge in [0.2, 0.25) is 0 Å². The summed E-state index contributed by atoms with van der Waals surface area (Å²) in [5.41, 5.74) is 0. The first-order valence-corrected chi connectivity index (χ1v) is 4.71. The second-order valence-electron chi connectivity index (χ2n) is 3.01. The molecule has 0 amide bonds. The molecule has 0 saturated heterocycles. The quantitative estimate of drug-likeness (QED) is 0.458. The van der Waals surface area contributed by atoms with E-state index in [0.29, 0.717) is 6.61 Å². The van der Waals surface area contributed by atoms with Crippen LogP contribution in [0.15, 0.2) is 0 Å². The lowest BCUT2D eigenvalue weighted by atomic mass is 10.2. The van der Waals surface area contributed by atoms with Gasteiger partial charge in [-0.05, 0) is 6.42 Å². The summed E-state index contributed by atoms with van der Waals surface area (Å²) in [5, 5.41) is 18.0. The Balaban J connectivity index is 3.19. The largest absolute Gasteiger partial charge is 0.343 e. The monoisotopic (exact) mass is 176 g/mol. The summed E-state index contributed by atoms with van der Waals surface area (Å²) in [6.45, 7) is 4.24. The van der Waals surface area contributed by atoms with Crippen LogP contribution >= 0.6 is 0 Å². The van der Waals surface area contributed by atoms with E-state index in [9.17, 15) is 0 Å². The van der Waals surface area contributed by atoms with Crippen molar-refractivity contribution >= 4 is 0 Å². The first kappa shape index (κ1) is 11.9. The first-order valence-electron chi connectivity index (χ1n) is 4.71. The van der Waals surface area contributed by atoms with Crippen LogP contribution in [0.25, 0.3) is 0 Å². The molecule has 0 aliphatic carbocycles. The van der Waals surface area contributed by atoms with Gasteiger partial charge in [-0.2, -0.15) is 0 Å². The molecule has 0 saturated carbocycles. The number of aliphatic hydroxyl groups is 2. The molecule has 74 valence electrons. The molecule has 3 nitrogen and oxygen atoms in total. The van der Waals surface area contributed by atoms with Gasteiger partial charge in [0.05, 0.1) is 6.61 Å². The molecule has 0 spiro atoms. The van der Waals surface area contributed by atoms with Gasteiger partial charge in [0.25, 0.3) is 5.97 Å². The van der Waals surface area contributed by atoms with Gasteiger partial charge in [0.15, 0.2) is 0 Å².